The van der Waals surface area contributed by atoms with Gasteiger partial charge < -0.3 is 40.9 Å². The van der Waals surface area contributed by atoms with Gasteiger partial charge >= 0.3 is 31.4 Å². The maximum Gasteiger partial charge on any atom is 2.00 e. The van der Waals surface area contributed by atoms with Crippen LogP contribution in [0.1, 0.15) is 20.7 Å². The average Bonchev–Trinajstić information content (AvgIpc) is 2.99. The van der Waals surface area contributed by atoms with E-state index < -0.39 is 22.1 Å². The van der Waals surface area contributed by atoms with Gasteiger partial charge in [-0.2, -0.15) is 5.10 Å². The normalized spacial score (nSPS) is 8.46. The quantitative estimate of drug-likeness (QED) is 0.382. The van der Waals surface area contributed by atoms with E-state index in [2.05, 4.69) is 10.1 Å². The number of nitrogens with zero attached hydrogens (tertiary/aromatic N) is 5. The fraction of sp³-hybridized carbons (Fsp3) is 0. The van der Waals surface area contributed by atoms with Gasteiger partial charge in [0.15, 0.2) is 0 Å². The Bertz CT molecular complexity index is 746. The number of carboxylic acids is 2. The summed E-state index contributed by atoms with van der Waals surface area (Å²) in [7, 11) is 0. The molecule has 0 radical (unpaired) electrons. The van der Waals surface area contributed by atoms with E-state index in [0.717, 1.165) is 0 Å². The number of hydrogen-bond donors (Lipinski definition) is 2. The van der Waals surface area contributed by atoms with Gasteiger partial charge in [0.1, 0.15) is 12.7 Å². The molecule has 0 bridgehead atoms. The first-order valence-corrected chi connectivity index (χ1v) is 5.65. The maximum absolute atomic E-state index is 11.0. The first-order valence-electron chi connectivity index (χ1n) is 5.65. The molecule has 0 aliphatic rings. The zero-order valence-electron chi connectivity index (χ0n) is 12.5. The van der Waals surface area contributed by atoms with Crippen LogP contribution in [-0.2, 0) is 19.5 Å². The minimum atomic E-state index is -1.75. The molecule has 0 amide bonds. The molecule has 15 nitrogen and oxygen atoms in total. The summed E-state index contributed by atoms with van der Waals surface area (Å²) in [6, 6.07) is 3.69. The standard InChI is InChI=1S/C10H7N3O4.2NO3.Zn/c14-9(15)6-1-2-7(10(16)17)8(3-6)13-5-11-4-12-13;2*2-1(3)4;/h1-5H,(H,14,15)(H,16,17);;;/q;2*-1;+2. The molecule has 16 heteroatoms. The number of carbonyl (C=O) groups is 2. The third-order valence-electron chi connectivity index (χ3n) is 2.14. The predicted molar refractivity (Wildman–Crippen MR) is 76.0 cm³/mol. The average molecular weight is 423 g/mol. The van der Waals surface area contributed by atoms with Gasteiger partial charge in [0.2, 0.25) is 0 Å². The predicted octanol–water partition coefficient (Wildman–Crippen LogP) is 0.183. The van der Waals surface area contributed by atoms with Crippen molar-refractivity contribution in [3.8, 4) is 5.69 Å². The molecule has 1 aromatic carbocycles. The topological polar surface area (TPSA) is 238 Å². The Morgan fingerprint density at radius 2 is 1.50 bits per heavy atom. The van der Waals surface area contributed by atoms with Crippen LogP contribution in [0.5, 0.6) is 0 Å². The van der Waals surface area contributed by atoms with Gasteiger partial charge in [-0.25, -0.2) is 19.3 Å². The molecule has 0 fully saturated rings. The van der Waals surface area contributed by atoms with Crippen molar-refractivity contribution in [2.24, 2.45) is 0 Å². The first kappa shape index (κ1) is 24.6. The van der Waals surface area contributed by atoms with E-state index in [0.29, 0.717) is 0 Å². The van der Waals surface area contributed by atoms with Crippen LogP contribution in [-0.4, -0.2) is 47.1 Å². The summed E-state index contributed by atoms with van der Waals surface area (Å²) < 4.78 is 1.20. The minimum absolute atomic E-state index is 0. The number of aromatic carboxylic acids is 2. The van der Waals surface area contributed by atoms with Crippen LogP contribution in [0.15, 0.2) is 30.9 Å². The van der Waals surface area contributed by atoms with Crippen LogP contribution in [0.4, 0.5) is 0 Å². The summed E-state index contributed by atoms with van der Waals surface area (Å²) >= 11 is 0. The van der Waals surface area contributed by atoms with Crippen molar-refractivity contribution in [1.82, 2.24) is 14.8 Å². The minimum Gasteiger partial charge on any atom is -0.478 e. The summed E-state index contributed by atoms with van der Waals surface area (Å²) in [4.78, 5) is 42.0. The maximum atomic E-state index is 11.0. The summed E-state index contributed by atoms with van der Waals surface area (Å²) in [5.74, 6) is -2.30. The Hall–Kier alpha value is -3.68. The van der Waals surface area contributed by atoms with Gasteiger partial charge in [0.25, 0.3) is 0 Å². The Labute approximate surface area is 155 Å². The number of benzene rings is 1. The second-order valence-electron chi connectivity index (χ2n) is 3.63. The molecular formula is C10H7N5O10Zn. The van der Waals surface area contributed by atoms with Gasteiger partial charge in [-0.15, -0.1) is 0 Å². The van der Waals surface area contributed by atoms with E-state index in [-0.39, 0.29) is 36.3 Å². The Balaban J connectivity index is 0. The zero-order valence-corrected chi connectivity index (χ0v) is 15.5. The second kappa shape index (κ2) is 11.8. The number of rotatable bonds is 3. The fourth-order valence-electron chi connectivity index (χ4n) is 1.37. The monoisotopic (exact) mass is 421 g/mol. The third kappa shape index (κ3) is 9.46. The number of carboxylic acid groups (broad SMARTS) is 2. The van der Waals surface area contributed by atoms with Crippen LogP contribution < -0.4 is 0 Å². The Kier molecular flexibility index (Phi) is 11.2. The van der Waals surface area contributed by atoms with Crippen molar-refractivity contribution >= 4 is 11.9 Å². The Morgan fingerprint density at radius 3 is 1.85 bits per heavy atom. The summed E-state index contributed by atoms with van der Waals surface area (Å²) in [6.45, 7) is 0. The SMILES string of the molecule is O=C(O)c1ccc(C(=O)O)c(-n2cncn2)c1.O=[N+]([O-])[O-].O=[N+]([O-])[O-].[Zn+2]. The zero-order chi connectivity index (χ0) is 19.6. The molecule has 1 aromatic heterocycles. The van der Waals surface area contributed by atoms with Gasteiger partial charge in [0.05, 0.1) is 27.0 Å². The van der Waals surface area contributed by atoms with E-state index in [4.69, 9.17) is 40.9 Å². The van der Waals surface area contributed by atoms with E-state index in [1.807, 2.05) is 0 Å². The van der Waals surface area contributed by atoms with Gasteiger partial charge in [-0.05, 0) is 18.2 Å². The molecule has 0 aliphatic carbocycles. The third-order valence-corrected chi connectivity index (χ3v) is 2.14. The van der Waals surface area contributed by atoms with Gasteiger partial charge in [0, 0.05) is 0 Å². The van der Waals surface area contributed by atoms with Crippen LogP contribution in [0.25, 0.3) is 5.69 Å². The van der Waals surface area contributed by atoms with Crippen LogP contribution in [0.2, 0.25) is 0 Å². The molecule has 1 heterocycles. The molecule has 134 valence electrons. The van der Waals surface area contributed by atoms with Crippen molar-refractivity contribution in [2.75, 3.05) is 0 Å². The van der Waals surface area contributed by atoms with Crippen molar-refractivity contribution in [2.45, 2.75) is 0 Å². The molecule has 0 spiro atoms. The molecule has 2 N–H and O–H groups in total. The van der Waals surface area contributed by atoms with Crippen molar-refractivity contribution < 1.29 is 49.5 Å². The van der Waals surface area contributed by atoms with E-state index in [1.165, 1.54) is 35.5 Å². The molecule has 2 aromatic rings. The summed E-state index contributed by atoms with van der Waals surface area (Å²) in [6.07, 6.45) is 2.53. The summed E-state index contributed by atoms with van der Waals surface area (Å²) in [5.41, 5.74) is 0.107. The molecule has 26 heavy (non-hydrogen) atoms. The molecule has 2 rings (SSSR count). The Morgan fingerprint density at radius 1 is 1.00 bits per heavy atom. The molecular weight excluding hydrogens is 416 g/mol. The molecule has 0 aliphatic heterocycles. The van der Waals surface area contributed by atoms with Crippen molar-refractivity contribution in [3.63, 3.8) is 0 Å². The van der Waals surface area contributed by atoms with Crippen LogP contribution in [0, 0.1) is 30.6 Å². The summed E-state index contributed by atoms with van der Waals surface area (Å²) in [5, 5.41) is 51.1. The van der Waals surface area contributed by atoms with Crippen LogP contribution in [0.3, 0.4) is 0 Å². The fourth-order valence-corrected chi connectivity index (χ4v) is 1.37. The smallest absolute Gasteiger partial charge is 0.478 e. The van der Waals surface area contributed by atoms with E-state index >= 15 is 0 Å². The van der Waals surface area contributed by atoms with Crippen LogP contribution >= 0.6 is 0 Å². The van der Waals surface area contributed by atoms with Gasteiger partial charge in [-0.3, -0.25) is 0 Å². The molecule has 0 atom stereocenters. The first-order chi connectivity index (χ1) is 11.6. The van der Waals surface area contributed by atoms with E-state index in [1.54, 1.807) is 0 Å². The molecule has 0 unspecified atom stereocenters. The molecule has 0 saturated carbocycles. The second-order valence-corrected chi connectivity index (χ2v) is 3.63. The number of hydrogen-bond acceptors (Lipinski definition) is 10. The number of aromatic nitrogens is 3. The van der Waals surface area contributed by atoms with E-state index in [9.17, 15) is 9.59 Å². The van der Waals surface area contributed by atoms with Gasteiger partial charge in [-0.1, -0.05) is 0 Å². The van der Waals surface area contributed by atoms with Crippen molar-refractivity contribution in [1.29, 1.82) is 0 Å². The molecule has 0 saturated heterocycles. The van der Waals surface area contributed by atoms with Crippen molar-refractivity contribution in [3.05, 3.63) is 72.6 Å². The largest absolute Gasteiger partial charge is 2.00 e.